The van der Waals surface area contributed by atoms with Crippen LogP contribution in [-0.4, -0.2) is 12.1 Å². The van der Waals surface area contributed by atoms with E-state index in [9.17, 15) is 4.79 Å². The fourth-order valence-electron chi connectivity index (χ4n) is 0.321. The van der Waals surface area contributed by atoms with Gasteiger partial charge in [-0.25, -0.2) is 0 Å². The van der Waals surface area contributed by atoms with Crippen LogP contribution in [0.5, 0.6) is 0 Å². The van der Waals surface area contributed by atoms with Crippen molar-refractivity contribution in [3.8, 4) is 0 Å². The highest BCUT2D eigenvalue weighted by Gasteiger charge is 1.91. The third-order valence-electron chi connectivity index (χ3n) is 0.431. The number of carbonyl (C=O) groups is 1. The van der Waals surface area contributed by atoms with Crippen LogP contribution in [0.3, 0.4) is 0 Å². The van der Waals surface area contributed by atoms with Crippen LogP contribution in [-0.2, 0) is 4.79 Å². The molecule has 0 aliphatic rings. The maximum absolute atomic E-state index is 10.1. The van der Waals surface area contributed by atoms with Crippen LogP contribution in [0.25, 0.3) is 0 Å². The van der Waals surface area contributed by atoms with E-state index in [1.54, 1.807) is 6.92 Å². The highest BCUT2D eigenvalue weighted by molar-refractivity contribution is 5.72. The van der Waals surface area contributed by atoms with Crippen LogP contribution in [0.1, 0.15) is 13.8 Å². The number of nitrogens with one attached hydrogen (secondary N) is 1. The van der Waals surface area contributed by atoms with Gasteiger partial charge < -0.3 is 11.1 Å². The Morgan fingerprint density at radius 3 is 2.29 bits per heavy atom. The fourth-order valence-corrected chi connectivity index (χ4v) is 0.321. The Hall–Kier alpha value is -0.570. The number of hydrogen-bond acceptors (Lipinski definition) is 2. The van der Waals surface area contributed by atoms with Gasteiger partial charge in [0.15, 0.2) is 0 Å². The van der Waals surface area contributed by atoms with E-state index in [2.05, 4.69) is 5.32 Å². The van der Waals surface area contributed by atoms with Gasteiger partial charge in [-0.2, -0.15) is 0 Å². The lowest BCUT2D eigenvalue weighted by Gasteiger charge is -2.02. The highest BCUT2D eigenvalue weighted by Crippen LogP contribution is 1.63. The van der Waals surface area contributed by atoms with E-state index in [0.717, 1.165) is 0 Å². The maximum Gasteiger partial charge on any atom is 0.218 e. The Morgan fingerprint density at radius 2 is 2.29 bits per heavy atom. The first-order chi connectivity index (χ1) is 3.13. The maximum atomic E-state index is 10.1. The third-order valence-corrected chi connectivity index (χ3v) is 0.431. The number of hydrogen-bond donors (Lipinski definition) is 2. The van der Waals surface area contributed by atoms with Crippen LogP contribution >= 0.6 is 0 Å². The first-order valence-corrected chi connectivity index (χ1v) is 2.15. The molecular weight excluding hydrogens is 92.1 g/mol. The lowest BCUT2D eigenvalue weighted by atomic mass is 10.5. The third kappa shape index (κ3) is 5.43. The number of rotatable bonds is 1. The summed E-state index contributed by atoms with van der Waals surface area (Å²) in [5.74, 6) is -0.0880. The zero-order valence-corrected chi connectivity index (χ0v) is 4.56. The first kappa shape index (κ1) is 6.43. The molecule has 1 atom stereocenters. The van der Waals surface area contributed by atoms with Crippen LogP contribution in [0.2, 0.25) is 0 Å². The smallest absolute Gasteiger partial charge is 0.218 e. The molecule has 0 fully saturated rings. The van der Waals surface area contributed by atoms with E-state index >= 15 is 0 Å². The van der Waals surface area contributed by atoms with Crippen molar-refractivity contribution in [3.63, 3.8) is 0 Å². The summed E-state index contributed by atoms with van der Waals surface area (Å²) in [4.78, 5) is 10.1. The Morgan fingerprint density at radius 1 is 1.86 bits per heavy atom. The van der Waals surface area contributed by atoms with Crippen molar-refractivity contribution in [2.45, 2.75) is 20.0 Å². The van der Waals surface area contributed by atoms with Crippen molar-refractivity contribution < 1.29 is 4.79 Å². The second-order valence-electron chi connectivity index (χ2n) is 1.49. The van der Waals surface area contributed by atoms with Gasteiger partial charge in [-0.3, -0.25) is 4.79 Å². The second-order valence-corrected chi connectivity index (χ2v) is 1.49. The molecule has 0 aliphatic heterocycles. The number of carbonyl (C=O) groups excluding carboxylic acids is 1. The summed E-state index contributed by atoms with van der Waals surface area (Å²) in [5.41, 5.74) is 5.16. The largest absolute Gasteiger partial charge is 0.342 e. The van der Waals surface area contributed by atoms with Crippen molar-refractivity contribution in [2.75, 3.05) is 0 Å². The van der Waals surface area contributed by atoms with E-state index in [0.29, 0.717) is 0 Å². The molecule has 0 unspecified atom stereocenters. The van der Waals surface area contributed by atoms with E-state index in [1.807, 2.05) is 0 Å². The summed E-state index contributed by atoms with van der Waals surface area (Å²) >= 11 is 0. The predicted molar refractivity (Wildman–Crippen MR) is 27.5 cm³/mol. The Bertz CT molecular complexity index is 70.1. The van der Waals surface area contributed by atoms with Gasteiger partial charge >= 0.3 is 0 Å². The minimum Gasteiger partial charge on any atom is -0.342 e. The van der Waals surface area contributed by atoms with Gasteiger partial charge in [0.1, 0.15) is 0 Å². The lowest BCUT2D eigenvalue weighted by molar-refractivity contribution is -0.119. The van der Waals surface area contributed by atoms with Crippen LogP contribution in [0, 0.1) is 0 Å². The summed E-state index contributed by atoms with van der Waals surface area (Å²) < 4.78 is 0. The Balaban J connectivity index is 3.13. The van der Waals surface area contributed by atoms with E-state index in [-0.39, 0.29) is 12.1 Å². The molecule has 0 saturated heterocycles. The average molecular weight is 102 g/mol. The summed E-state index contributed by atoms with van der Waals surface area (Å²) in [7, 11) is 0. The van der Waals surface area contributed by atoms with Crippen LogP contribution in [0.15, 0.2) is 0 Å². The molecule has 0 rings (SSSR count). The molecule has 0 aromatic heterocycles. The minimum atomic E-state index is -0.225. The van der Waals surface area contributed by atoms with Crippen LogP contribution in [0.4, 0.5) is 0 Å². The molecule has 0 radical (unpaired) electrons. The van der Waals surface area contributed by atoms with Crippen LogP contribution < -0.4 is 11.1 Å². The molecular formula is C4H10N2O. The van der Waals surface area contributed by atoms with Gasteiger partial charge in [0.2, 0.25) is 5.91 Å². The van der Waals surface area contributed by atoms with E-state index in [1.165, 1.54) is 6.92 Å². The Labute approximate surface area is 42.9 Å². The van der Waals surface area contributed by atoms with Gasteiger partial charge in [0.05, 0.1) is 6.17 Å². The highest BCUT2D eigenvalue weighted by atomic mass is 16.1. The SMILES string of the molecule is CC(=O)N[C@H](C)N. The number of nitrogens with two attached hydrogens (primary N) is 1. The van der Waals surface area contributed by atoms with Gasteiger partial charge in [-0.1, -0.05) is 0 Å². The fraction of sp³-hybridized carbons (Fsp3) is 0.750. The molecule has 0 heterocycles. The summed E-state index contributed by atoms with van der Waals surface area (Å²) in [6.07, 6.45) is -0.225. The van der Waals surface area contributed by atoms with Gasteiger partial charge in [0, 0.05) is 6.92 Å². The topological polar surface area (TPSA) is 55.1 Å². The molecule has 42 valence electrons. The molecule has 0 saturated carbocycles. The molecule has 0 aromatic carbocycles. The van der Waals surface area contributed by atoms with Crippen molar-refractivity contribution >= 4 is 5.91 Å². The predicted octanol–water partition coefficient (Wildman–Crippen LogP) is -0.573. The first-order valence-electron chi connectivity index (χ1n) is 2.15. The quantitative estimate of drug-likeness (QED) is 0.435. The molecule has 0 aromatic rings. The van der Waals surface area contributed by atoms with Gasteiger partial charge in [-0.05, 0) is 6.92 Å². The zero-order valence-electron chi connectivity index (χ0n) is 4.56. The number of amides is 1. The van der Waals surface area contributed by atoms with E-state index in [4.69, 9.17) is 5.73 Å². The molecule has 3 N–H and O–H groups in total. The summed E-state index contributed by atoms with van der Waals surface area (Å²) in [6, 6.07) is 0. The molecule has 7 heavy (non-hydrogen) atoms. The molecule has 0 spiro atoms. The van der Waals surface area contributed by atoms with Crippen molar-refractivity contribution in [1.82, 2.24) is 5.32 Å². The van der Waals surface area contributed by atoms with Crippen molar-refractivity contribution in [1.29, 1.82) is 0 Å². The second kappa shape index (κ2) is 2.58. The zero-order chi connectivity index (χ0) is 5.86. The Kier molecular flexibility index (Phi) is 2.37. The normalized spacial score (nSPS) is 13.0. The molecule has 1 amide bonds. The minimum absolute atomic E-state index is 0.0880. The summed E-state index contributed by atoms with van der Waals surface area (Å²) in [5, 5.41) is 2.44. The molecule has 3 heteroatoms. The van der Waals surface area contributed by atoms with Gasteiger partial charge in [-0.15, -0.1) is 0 Å². The van der Waals surface area contributed by atoms with E-state index < -0.39 is 0 Å². The molecule has 3 nitrogen and oxygen atoms in total. The molecule has 0 bridgehead atoms. The lowest BCUT2D eigenvalue weighted by Crippen LogP contribution is -2.37. The average Bonchev–Trinajstić information content (AvgIpc) is 1.27. The van der Waals surface area contributed by atoms with Gasteiger partial charge in [0.25, 0.3) is 0 Å². The monoisotopic (exact) mass is 102 g/mol. The standard InChI is InChI=1S/C4H10N2O/c1-3(5)6-4(2)7/h3H,5H2,1-2H3,(H,6,7)/t3-/m1/s1. The van der Waals surface area contributed by atoms with Crippen molar-refractivity contribution in [2.24, 2.45) is 5.73 Å². The molecule has 0 aliphatic carbocycles. The summed E-state index contributed by atoms with van der Waals surface area (Å²) in [6.45, 7) is 3.14. The van der Waals surface area contributed by atoms with Crippen molar-refractivity contribution in [3.05, 3.63) is 0 Å².